The summed E-state index contributed by atoms with van der Waals surface area (Å²) >= 11 is 0. The summed E-state index contributed by atoms with van der Waals surface area (Å²) in [6, 6.07) is 14.5. The Hall–Kier alpha value is -2.82. The Bertz CT molecular complexity index is 767. The first-order valence-corrected chi connectivity index (χ1v) is 9.56. The second-order valence-electron chi connectivity index (χ2n) is 7.24. The maximum atomic E-state index is 13.5. The molecule has 142 valence electrons. The van der Waals surface area contributed by atoms with Gasteiger partial charge in [0.05, 0.1) is 0 Å². The van der Waals surface area contributed by atoms with E-state index in [1.54, 1.807) is 24.3 Å². The van der Waals surface area contributed by atoms with E-state index < -0.39 is 5.41 Å². The Balaban J connectivity index is 2.00. The first-order valence-electron chi connectivity index (χ1n) is 9.56. The van der Waals surface area contributed by atoms with Crippen molar-refractivity contribution in [2.45, 2.75) is 44.4 Å². The number of unbranched alkanes of at least 4 members (excludes halogenated alkanes) is 3. The van der Waals surface area contributed by atoms with Crippen molar-refractivity contribution in [1.82, 2.24) is 4.90 Å². The number of hydrogen-bond donors (Lipinski definition) is 2. The van der Waals surface area contributed by atoms with Crippen molar-refractivity contribution in [3.05, 3.63) is 59.7 Å². The van der Waals surface area contributed by atoms with Crippen LogP contribution in [-0.4, -0.2) is 23.3 Å². The van der Waals surface area contributed by atoms with Gasteiger partial charge in [0.1, 0.15) is 5.41 Å². The molecule has 0 aromatic heterocycles. The molecule has 0 bridgehead atoms. The van der Waals surface area contributed by atoms with E-state index in [2.05, 4.69) is 6.92 Å². The maximum absolute atomic E-state index is 13.5. The third kappa shape index (κ3) is 3.54. The van der Waals surface area contributed by atoms with Gasteiger partial charge in [-0.1, -0.05) is 50.5 Å². The third-order valence-electron chi connectivity index (χ3n) is 5.37. The molecule has 2 aromatic carbocycles. The number of imide groups is 1. The summed E-state index contributed by atoms with van der Waals surface area (Å²) in [5.74, 6) is -0.274. The monoisotopic (exact) mass is 365 g/mol. The molecule has 5 nitrogen and oxygen atoms in total. The Morgan fingerprint density at radius 2 is 1.37 bits per heavy atom. The number of amides is 2. The van der Waals surface area contributed by atoms with Crippen molar-refractivity contribution in [3.63, 3.8) is 0 Å². The smallest absolute Gasteiger partial charge is 0.244 e. The average Bonchev–Trinajstić information content (AvgIpc) is 2.91. The third-order valence-corrected chi connectivity index (χ3v) is 5.37. The van der Waals surface area contributed by atoms with E-state index in [1.165, 1.54) is 4.90 Å². The number of anilines is 2. The zero-order valence-corrected chi connectivity index (χ0v) is 15.8. The number of rotatable bonds is 7. The second kappa shape index (κ2) is 7.82. The highest BCUT2D eigenvalue weighted by molar-refractivity contribution is 6.11. The highest BCUT2D eigenvalue weighted by atomic mass is 16.2. The van der Waals surface area contributed by atoms with Crippen LogP contribution in [0.4, 0.5) is 11.4 Å². The summed E-state index contributed by atoms with van der Waals surface area (Å²) in [7, 11) is 0. The number of nitrogens with zero attached hydrogens (tertiary/aromatic N) is 1. The summed E-state index contributed by atoms with van der Waals surface area (Å²) in [4.78, 5) is 27.7. The van der Waals surface area contributed by atoms with Crippen LogP contribution in [0.1, 0.15) is 50.2 Å². The Labute approximate surface area is 160 Å². The van der Waals surface area contributed by atoms with Crippen LogP contribution in [0.2, 0.25) is 0 Å². The van der Waals surface area contributed by atoms with Crippen LogP contribution in [0, 0.1) is 0 Å². The molecule has 1 saturated heterocycles. The molecule has 1 aliphatic rings. The molecule has 1 heterocycles. The van der Waals surface area contributed by atoms with E-state index in [0.29, 0.717) is 17.9 Å². The number of nitrogens with two attached hydrogens (primary N) is 2. The highest BCUT2D eigenvalue weighted by Crippen LogP contribution is 2.43. The normalized spacial score (nSPS) is 16.1. The van der Waals surface area contributed by atoms with E-state index in [-0.39, 0.29) is 18.2 Å². The second-order valence-corrected chi connectivity index (χ2v) is 7.24. The molecule has 0 radical (unpaired) electrons. The first-order chi connectivity index (χ1) is 13.0. The van der Waals surface area contributed by atoms with E-state index in [9.17, 15) is 9.59 Å². The molecule has 0 aliphatic carbocycles. The lowest BCUT2D eigenvalue weighted by Gasteiger charge is -2.28. The topological polar surface area (TPSA) is 89.4 Å². The zero-order valence-electron chi connectivity index (χ0n) is 15.8. The van der Waals surface area contributed by atoms with Crippen molar-refractivity contribution < 1.29 is 9.59 Å². The van der Waals surface area contributed by atoms with E-state index in [0.717, 1.165) is 36.8 Å². The molecule has 1 aliphatic heterocycles. The van der Waals surface area contributed by atoms with Crippen LogP contribution < -0.4 is 11.5 Å². The minimum absolute atomic E-state index is 0.120. The average molecular weight is 365 g/mol. The lowest BCUT2D eigenvalue weighted by Crippen LogP contribution is -2.39. The fraction of sp³-hybridized carbons (Fsp3) is 0.364. The van der Waals surface area contributed by atoms with Gasteiger partial charge in [0.2, 0.25) is 11.8 Å². The lowest BCUT2D eigenvalue weighted by molar-refractivity contribution is -0.139. The maximum Gasteiger partial charge on any atom is 0.244 e. The molecule has 5 heteroatoms. The largest absolute Gasteiger partial charge is 0.399 e. The molecule has 2 amide bonds. The van der Waals surface area contributed by atoms with Crippen molar-refractivity contribution in [3.8, 4) is 0 Å². The molecular formula is C22H27N3O2. The molecular weight excluding hydrogens is 338 g/mol. The summed E-state index contributed by atoms with van der Waals surface area (Å²) in [5.41, 5.74) is 13.5. The Morgan fingerprint density at radius 3 is 1.85 bits per heavy atom. The predicted octanol–water partition coefficient (Wildman–Crippen LogP) is 3.48. The number of nitrogen functional groups attached to an aromatic ring is 2. The van der Waals surface area contributed by atoms with Gasteiger partial charge < -0.3 is 11.5 Å². The standard InChI is InChI=1S/C22H27N3O2/c1-2-3-4-5-14-25-20(26)15-22(21(25)27,16-6-10-18(23)11-7-16)17-8-12-19(24)13-9-17/h6-13H,2-5,14-15,23-24H2,1H3. The lowest BCUT2D eigenvalue weighted by atomic mass is 9.73. The van der Waals surface area contributed by atoms with Gasteiger partial charge in [-0.2, -0.15) is 0 Å². The van der Waals surface area contributed by atoms with Gasteiger partial charge in [0.15, 0.2) is 0 Å². The fourth-order valence-corrected chi connectivity index (χ4v) is 3.82. The van der Waals surface area contributed by atoms with Gasteiger partial charge >= 0.3 is 0 Å². The highest BCUT2D eigenvalue weighted by Gasteiger charge is 2.53. The molecule has 0 saturated carbocycles. The van der Waals surface area contributed by atoms with Crippen LogP contribution in [0.3, 0.4) is 0 Å². The van der Waals surface area contributed by atoms with Crippen molar-refractivity contribution in [1.29, 1.82) is 0 Å². The number of hydrogen-bond acceptors (Lipinski definition) is 4. The van der Waals surface area contributed by atoms with Crippen LogP contribution in [-0.2, 0) is 15.0 Å². The minimum atomic E-state index is -1.01. The molecule has 2 aromatic rings. The quantitative estimate of drug-likeness (QED) is 0.447. The summed E-state index contributed by atoms with van der Waals surface area (Å²) in [5, 5.41) is 0. The van der Waals surface area contributed by atoms with Crippen LogP contribution in [0.15, 0.2) is 48.5 Å². The number of carbonyl (C=O) groups excluding carboxylic acids is 2. The molecule has 1 fully saturated rings. The zero-order chi connectivity index (χ0) is 19.4. The van der Waals surface area contributed by atoms with Crippen molar-refractivity contribution >= 4 is 23.2 Å². The van der Waals surface area contributed by atoms with Gasteiger partial charge in [0.25, 0.3) is 0 Å². The minimum Gasteiger partial charge on any atom is -0.399 e. The van der Waals surface area contributed by atoms with Crippen LogP contribution in [0.25, 0.3) is 0 Å². The summed E-state index contributed by atoms with van der Waals surface area (Å²) in [6.45, 7) is 2.61. The summed E-state index contributed by atoms with van der Waals surface area (Å²) in [6.07, 6.45) is 4.21. The van der Waals surface area contributed by atoms with Gasteiger partial charge in [-0.3, -0.25) is 14.5 Å². The number of carbonyl (C=O) groups is 2. The van der Waals surface area contributed by atoms with Crippen LogP contribution >= 0.6 is 0 Å². The molecule has 0 atom stereocenters. The van der Waals surface area contributed by atoms with Gasteiger partial charge in [-0.15, -0.1) is 0 Å². The van der Waals surface area contributed by atoms with Crippen molar-refractivity contribution in [2.75, 3.05) is 18.0 Å². The fourth-order valence-electron chi connectivity index (χ4n) is 3.82. The Kier molecular flexibility index (Phi) is 5.49. The number of benzene rings is 2. The molecule has 27 heavy (non-hydrogen) atoms. The SMILES string of the molecule is CCCCCCN1C(=O)CC(c2ccc(N)cc2)(c2ccc(N)cc2)C1=O. The predicted molar refractivity (Wildman–Crippen MR) is 108 cm³/mol. The van der Waals surface area contributed by atoms with E-state index in [4.69, 9.17) is 11.5 Å². The molecule has 0 spiro atoms. The first kappa shape index (κ1) is 19.0. The number of likely N-dealkylation sites (tertiary alicyclic amines) is 1. The Morgan fingerprint density at radius 1 is 0.852 bits per heavy atom. The van der Waals surface area contributed by atoms with Crippen LogP contribution in [0.5, 0.6) is 0 Å². The van der Waals surface area contributed by atoms with Gasteiger partial charge in [-0.25, -0.2) is 0 Å². The summed E-state index contributed by atoms with van der Waals surface area (Å²) < 4.78 is 0. The van der Waals surface area contributed by atoms with E-state index in [1.807, 2.05) is 24.3 Å². The molecule has 0 unspecified atom stereocenters. The van der Waals surface area contributed by atoms with Gasteiger partial charge in [0, 0.05) is 24.3 Å². The molecule has 4 N–H and O–H groups in total. The van der Waals surface area contributed by atoms with Gasteiger partial charge in [-0.05, 0) is 41.8 Å². The molecule has 3 rings (SSSR count). The van der Waals surface area contributed by atoms with E-state index >= 15 is 0 Å². The van der Waals surface area contributed by atoms with Crippen molar-refractivity contribution in [2.24, 2.45) is 0 Å².